The van der Waals surface area contributed by atoms with Gasteiger partial charge in [-0.05, 0) is 69.6 Å². The maximum atomic E-state index is 12.1. The fourth-order valence-corrected chi connectivity index (χ4v) is 5.27. The Balaban J connectivity index is 0.000000600. The Hall–Kier alpha value is -3.76. The van der Waals surface area contributed by atoms with Crippen molar-refractivity contribution in [3.05, 3.63) is 52.1 Å². The minimum atomic E-state index is -0.906. The van der Waals surface area contributed by atoms with E-state index in [9.17, 15) is 29.3 Å². The Morgan fingerprint density at radius 1 is 0.938 bits per heavy atom. The molecule has 1 amide bonds. The summed E-state index contributed by atoms with van der Waals surface area (Å²) in [4.78, 5) is 61.3. The van der Waals surface area contributed by atoms with Crippen molar-refractivity contribution in [2.45, 2.75) is 142 Å². The van der Waals surface area contributed by atoms with E-state index in [4.69, 9.17) is 9.47 Å². The molecule has 0 heterocycles. The molecule has 0 spiro atoms. The van der Waals surface area contributed by atoms with Gasteiger partial charge in [0, 0.05) is 32.1 Å². The molecule has 0 aliphatic heterocycles. The van der Waals surface area contributed by atoms with E-state index in [2.05, 4.69) is 17.1 Å². The summed E-state index contributed by atoms with van der Waals surface area (Å²) < 4.78 is 10.3. The molecular weight excluding hydrogens is 616 g/mol. The van der Waals surface area contributed by atoms with Crippen LogP contribution in [0.3, 0.4) is 0 Å². The van der Waals surface area contributed by atoms with E-state index in [1.807, 2.05) is 19.1 Å². The second kappa shape index (κ2) is 27.2. The van der Waals surface area contributed by atoms with Gasteiger partial charge in [-0.15, -0.1) is 10.1 Å². The number of carbonyl (C=O) groups excluding carboxylic acids is 4. The predicted octanol–water partition coefficient (Wildman–Crippen LogP) is 7.80. The molecule has 48 heavy (non-hydrogen) atoms. The van der Waals surface area contributed by atoms with Gasteiger partial charge in [-0.1, -0.05) is 82.6 Å². The molecule has 2 rings (SSSR count). The van der Waals surface area contributed by atoms with Crippen molar-refractivity contribution >= 4 is 23.6 Å². The molecule has 1 saturated carbocycles. The average Bonchev–Trinajstić information content (AvgIpc) is 3.59. The maximum absolute atomic E-state index is 12.1. The standard InChI is InChI=1S/C22H30N2O8.C15H28O/c1-3-4-5-6-8-20(25)23-17(2)22(27)32-19-12-10-18(11-13-19)14-16-30-21(26)9-7-15-31-24(28)29;1-2-3-4-5-6-11-15(16)13-12-14-9-7-8-10-14/h3-4,10-13,17H,5-9,14-16H2,1-2H3,(H,23,25);14H,2-13H2,1H3/b4-3-;. The number of benzene rings is 1. The van der Waals surface area contributed by atoms with E-state index in [0.717, 1.165) is 37.2 Å². The summed E-state index contributed by atoms with van der Waals surface area (Å²) in [5.74, 6) is 0.521. The van der Waals surface area contributed by atoms with Gasteiger partial charge in [-0.25, -0.2) is 4.79 Å². The van der Waals surface area contributed by atoms with Crippen molar-refractivity contribution < 1.29 is 38.6 Å². The highest BCUT2D eigenvalue weighted by molar-refractivity contribution is 5.85. The Labute approximate surface area is 286 Å². The van der Waals surface area contributed by atoms with Gasteiger partial charge in [0.2, 0.25) is 5.91 Å². The van der Waals surface area contributed by atoms with Crippen molar-refractivity contribution in [1.82, 2.24) is 5.32 Å². The lowest BCUT2D eigenvalue weighted by Crippen LogP contribution is -2.40. The van der Waals surface area contributed by atoms with Crippen LogP contribution in [0.4, 0.5) is 0 Å². The van der Waals surface area contributed by atoms with Gasteiger partial charge in [0.15, 0.2) is 0 Å². The fraction of sp³-hybridized carbons (Fsp3) is 0.676. The molecule has 1 aromatic carbocycles. The molecule has 0 radical (unpaired) electrons. The zero-order valence-electron chi connectivity index (χ0n) is 29.4. The largest absolute Gasteiger partial charge is 0.465 e. The van der Waals surface area contributed by atoms with Gasteiger partial charge < -0.3 is 19.6 Å². The first-order valence-electron chi connectivity index (χ1n) is 17.8. The number of Topliss-reactive ketones (excluding diaryl/α,β-unsaturated/α-hetero) is 1. The van der Waals surface area contributed by atoms with Crippen LogP contribution in [-0.4, -0.2) is 48.0 Å². The number of unbranched alkanes of at least 4 members (excludes halogenated alkanes) is 5. The molecule has 0 bridgehead atoms. The van der Waals surface area contributed by atoms with Crippen molar-refractivity contribution in [3.63, 3.8) is 0 Å². The molecule has 11 heteroatoms. The summed E-state index contributed by atoms with van der Waals surface area (Å²) in [7, 11) is 0. The molecular formula is C37H58N2O9. The number of rotatable bonds is 24. The molecule has 0 saturated heterocycles. The van der Waals surface area contributed by atoms with Crippen LogP contribution in [-0.2, 0) is 35.2 Å². The van der Waals surface area contributed by atoms with Crippen molar-refractivity contribution in [2.75, 3.05) is 13.2 Å². The Morgan fingerprint density at radius 3 is 2.31 bits per heavy atom. The average molecular weight is 675 g/mol. The van der Waals surface area contributed by atoms with E-state index in [1.165, 1.54) is 57.8 Å². The third kappa shape index (κ3) is 22.7. The Bertz CT molecular complexity index is 1100. The van der Waals surface area contributed by atoms with Crippen molar-refractivity contribution in [1.29, 1.82) is 0 Å². The zero-order valence-corrected chi connectivity index (χ0v) is 29.4. The molecule has 1 aromatic rings. The SMILES string of the molecule is C/C=C\CCCC(=O)NC(C)C(=O)Oc1ccc(CCOC(=O)CCCO[N+](=O)[O-])cc1.CCCCCCCC(=O)CCC1CCCC1. The first-order valence-corrected chi connectivity index (χ1v) is 17.8. The monoisotopic (exact) mass is 674 g/mol. The third-order valence-corrected chi connectivity index (χ3v) is 8.12. The van der Waals surface area contributed by atoms with Crippen LogP contribution in [0.2, 0.25) is 0 Å². The molecule has 270 valence electrons. The van der Waals surface area contributed by atoms with E-state index in [-0.39, 0.29) is 32.0 Å². The summed E-state index contributed by atoms with van der Waals surface area (Å²) in [6.07, 6.45) is 21.2. The Morgan fingerprint density at radius 2 is 1.65 bits per heavy atom. The smallest absolute Gasteiger partial charge is 0.333 e. The minimum absolute atomic E-state index is 0.0350. The summed E-state index contributed by atoms with van der Waals surface area (Å²) >= 11 is 0. The number of esters is 2. The van der Waals surface area contributed by atoms with Gasteiger partial charge >= 0.3 is 11.9 Å². The van der Waals surface area contributed by atoms with Crippen LogP contribution in [0.1, 0.15) is 135 Å². The zero-order chi connectivity index (χ0) is 35.4. The van der Waals surface area contributed by atoms with Crippen LogP contribution >= 0.6 is 0 Å². The number of allylic oxidation sites excluding steroid dienone is 2. The van der Waals surface area contributed by atoms with E-state index >= 15 is 0 Å². The molecule has 11 nitrogen and oxygen atoms in total. The number of ether oxygens (including phenoxy) is 2. The van der Waals surface area contributed by atoms with E-state index in [1.54, 1.807) is 31.2 Å². The normalized spacial score (nSPS) is 13.3. The number of nitrogens with one attached hydrogen (secondary N) is 1. The number of hydrogen-bond donors (Lipinski definition) is 1. The van der Waals surface area contributed by atoms with Crippen LogP contribution < -0.4 is 10.1 Å². The fourth-order valence-electron chi connectivity index (χ4n) is 5.27. The van der Waals surface area contributed by atoms with Gasteiger partial charge in [-0.3, -0.25) is 14.4 Å². The van der Waals surface area contributed by atoms with Gasteiger partial charge in [0.1, 0.15) is 17.6 Å². The van der Waals surface area contributed by atoms with Crippen LogP contribution in [0, 0.1) is 16.0 Å². The Kier molecular flexibility index (Phi) is 24.0. The summed E-state index contributed by atoms with van der Waals surface area (Å²) in [6, 6.07) is 5.96. The quantitative estimate of drug-likeness (QED) is 0.0289. The highest BCUT2D eigenvalue weighted by atomic mass is 16.9. The molecule has 1 unspecified atom stereocenters. The first-order chi connectivity index (χ1) is 23.1. The third-order valence-electron chi connectivity index (χ3n) is 8.12. The number of amides is 1. The summed E-state index contributed by atoms with van der Waals surface area (Å²) in [6.45, 7) is 5.72. The van der Waals surface area contributed by atoms with E-state index < -0.39 is 23.1 Å². The molecule has 1 atom stereocenters. The number of nitrogens with zero attached hydrogens (tertiary/aromatic N) is 1. The second-order valence-electron chi connectivity index (χ2n) is 12.3. The van der Waals surface area contributed by atoms with E-state index in [0.29, 0.717) is 30.8 Å². The molecule has 1 fully saturated rings. The van der Waals surface area contributed by atoms with Gasteiger partial charge in [0.25, 0.3) is 5.09 Å². The van der Waals surface area contributed by atoms with Crippen molar-refractivity contribution in [3.8, 4) is 5.75 Å². The van der Waals surface area contributed by atoms with Gasteiger partial charge in [-0.2, -0.15) is 0 Å². The molecule has 0 aromatic heterocycles. The highest BCUT2D eigenvalue weighted by Crippen LogP contribution is 2.28. The van der Waals surface area contributed by atoms with Crippen LogP contribution in [0.25, 0.3) is 0 Å². The van der Waals surface area contributed by atoms with Crippen molar-refractivity contribution in [2.24, 2.45) is 5.92 Å². The van der Waals surface area contributed by atoms with Gasteiger partial charge in [0.05, 0.1) is 13.2 Å². The van der Waals surface area contributed by atoms with Crippen LogP contribution in [0.5, 0.6) is 5.75 Å². The minimum Gasteiger partial charge on any atom is -0.465 e. The highest BCUT2D eigenvalue weighted by Gasteiger charge is 2.18. The lowest BCUT2D eigenvalue weighted by atomic mass is 9.98. The first kappa shape index (κ1) is 42.3. The van der Waals surface area contributed by atoms with Crippen LogP contribution in [0.15, 0.2) is 36.4 Å². The molecule has 1 aliphatic carbocycles. The number of ketones is 1. The second-order valence-corrected chi connectivity index (χ2v) is 12.3. The predicted molar refractivity (Wildman–Crippen MR) is 185 cm³/mol. The maximum Gasteiger partial charge on any atom is 0.333 e. The number of carbonyl (C=O) groups is 4. The summed E-state index contributed by atoms with van der Waals surface area (Å²) in [5, 5.41) is 11.7. The lowest BCUT2D eigenvalue weighted by Gasteiger charge is -2.13. The number of hydrogen-bond acceptors (Lipinski definition) is 9. The summed E-state index contributed by atoms with van der Waals surface area (Å²) in [5.41, 5.74) is 0.872. The topological polar surface area (TPSA) is 151 Å². The molecule has 1 N–H and O–H groups in total. The molecule has 1 aliphatic rings. The lowest BCUT2D eigenvalue weighted by molar-refractivity contribution is -0.757.